The molecule has 2 heterocycles. The number of benzene rings is 3. The lowest BCUT2D eigenvalue weighted by atomic mass is 9.94. The van der Waals surface area contributed by atoms with E-state index >= 15 is 0 Å². The molecular formula is C31H40Cl2N2OS. The zero-order chi connectivity index (χ0) is 23.9. The minimum atomic E-state index is -0.910. The van der Waals surface area contributed by atoms with Crippen LogP contribution in [0.15, 0.2) is 83.8 Å². The third-order valence-corrected chi connectivity index (χ3v) is 9.06. The van der Waals surface area contributed by atoms with Crippen molar-refractivity contribution in [2.75, 3.05) is 25.4 Å². The minimum Gasteiger partial charge on any atom is -0.299 e. The van der Waals surface area contributed by atoms with Gasteiger partial charge in [0, 0.05) is 30.3 Å². The molecule has 1 fully saturated rings. The second-order valence-corrected chi connectivity index (χ2v) is 11.8. The van der Waals surface area contributed by atoms with Gasteiger partial charge in [-0.1, -0.05) is 66.7 Å². The average molecular weight is 560 g/mol. The number of halogens is 2. The summed E-state index contributed by atoms with van der Waals surface area (Å²) in [7, 11) is -0.910. The van der Waals surface area contributed by atoms with Crippen LogP contribution in [-0.4, -0.2) is 39.4 Å². The summed E-state index contributed by atoms with van der Waals surface area (Å²) in [4.78, 5) is 6.12. The Bertz CT molecular complexity index is 1100. The van der Waals surface area contributed by atoms with Gasteiger partial charge in [0.2, 0.25) is 0 Å². The molecule has 200 valence electrons. The lowest BCUT2D eigenvalue weighted by molar-refractivity contribution is 0.175. The molecule has 5 rings (SSSR count). The first-order valence-electron chi connectivity index (χ1n) is 13.3. The Hall–Kier alpha value is -1.69. The van der Waals surface area contributed by atoms with Crippen LogP contribution in [0.3, 0.4) is 0 Å². The average Bonchev–Trinajstić information content (AvgIpc) is 3.10. The van der Waals surface area contributed by atoms with Crippen molar-refractivity contribution in [1.29, 1.82) is 0 Å². The molecule has 2 aliphatic heterocycles. The molecule has 1 unspecified atom stereocenters. The molecule has 1 atom stereocenters. The second-order valence-electron chi connectivity index (χ2n) is 10.3. The van der Waals surface area contributed by atoms with Crippen LogP contribution >= 0.6 is 24.8 Å². The van der Waals surface area contributed by atoms with Crippen LogP contribution in [0.2, 0.25) is 0 Å². The van der Waals surface area contributed by atoms with Crippen LogP contribution in [0.25, 0.3) is 0 Å². The summed E-state index contributed by atoms with van der Waals surface area (Å²) >= 11 is 0. The van der Waals surface area contributed by atoms with E-state index in [4.69, 9.17) is 0 Å². The fourth-order valence-corrected chi connectivity index (χ4v) is 6.87. The van der Waals surface area contributed by atoms with Crippen LogP contribution in [0, 0.1) is 5.92 Å². The van der Waals surface area contributed by atoms with Crippen molar-refractivity contribution in [2.45, 2.75) is 56.6 Å². The fraction of sp³-hybridized carbons (Fsp3) is 0.419. The van der Waals surface area contributed by atoms with Crippen LogP contribution in [0.1, 0.15) is 47.9 Å². The molecule has 0 radical (unpaired) electrons. The predicted octanol–water partition coefficient (Wildman–Crippen LogP) is 6.89. The Labute approximate surface area is 237 Å². The molecule has 0 aromatic heterocycles. The van der Waals surface area contributed by atoms with Crippen molar-refractivity contribution in [1.82, 2.24) is 9.80 Å². The second kappa shape index (κ2) is 15.0. The van der Waals surface area contributed by atoms with E-state index in [1.807, 2.05) is 0 Å². The highest BCUT2D eigenvalue weighted by Crippen LogP contribution is 2.26. The topological polar surface area (TPSA) is 23.6 Å². The van der Waals surface area contributed by atoms with Crippen molar-refractivity contribution in [3.63, 3.8) is 0 Å². The van der Waals surface area contributed by atoms with Gasteiger partial charge < -0.3 is 0 Å². The zero-order valence-corrected chi connectivity index (χ0v) is 24.0. The van der Waals surface area contributed by atoms with Gasteiger partial charge in [-0.3, -0.25) is 14.0 Å². The molecule has 0 bridgehead atoms. The van der Waals surface area contributed by atoms with E-state index in [0.717, 1.165) is 62.8 Å². The van der Waals surface area contributed by atoms with Gasteiger partial charge in [-0.05, 0) is 92.0 Å². The normalized spacial score (nSPS) is 17.6. The Morgan fingerprint density at radius 2 is 1.35 bits per heavy atom. The monoisotopic (exact) mass is 558 g/mol. The summed E-state index contributed by atoms with van der Waals surface area (Å²) in [5, 5.41) is 0. The number of hydrogen-bond donors (Lipinski definition) is 0. The first-order valence-corrected chi connectivity index (χ1v) is 14.6. The van der Waals surface area contributed by atoms with E-state index in [9.17, 15) is 4.21 Å². The fourth-order valence-electron chi connectivity index (χ4n) is 5.59. The SMILES string of the molecule is Cl.Cl.O=S(CCC1CCN(Cc2ccccc2)CC1)c1ccc2c(c1)CN(Cc1ccccc1)CCC2. The van der Waals surface area contributed by atoms with Gasteiger partial charge in [0.25, 0.3) is 0 Å². The lowest BCUT2D eigenvalue weighted by Gasteiger charge is -2.32. The summed E-state index contributed by atoms with van der Waals surface area (Å²) in [5.41, 5.74) is 5.58. The first kappa shape index (κ1) is 29.9. The molecule has 0 amide bonds. The number of rotatable bonds is 8. The molecule has 0 N–H and O–H groups in total. The number of nitrogens with zero attached hydrogens (tertiary/aromatic N) is 2. The first-order chi connectivity index (χ1) is 17.2. The maximum absolute atomic E-state index is 13.2. The molecule has 3 nitrogen and oxygen atoms in total. The van der Waals surface area contributed by atoms with Crippen LogP contribution < -0.4 is 0 Å². The van der Waals surface area contributed by atoms with Crippen molar-refractivity contribution in [3.05, 3.63) is 101 Å². The van der Waals surface area contributed by atoms with Crippen molar-refractivity contribution < 1.29 is 4.21 Å². The highest BCUT2D eigenvalue weighted by molar-refractivity contribution is 7.85. The molecule has 37 heavy (non-hydrogen) atoms. The third kappa shape index (κ3) is 8.66. The molecule has 1 saturated heterocycles. The quantitative estimate of drug-likeness (QED) is 0.300. The van der Waals surface area contributed by atoms with Crippen molar-refractivity contribution in [2.24, 2.45) is 5.92 Å². The van der Waals surface area contributed by atoms with E-state index in [0.29, 0.717) is 5.92 Å². The molecule has 2 aliphatic rings. The summed E-state index contributed by atoms with van der Waals surface area (Å²) < 4.78 is 13.2. The van der Waals surface area contributed by atoms with E-state index in [1.165, 1.54) is 41.5 Å². The number of likely N-dealkylation sites (tertiary alicyclic amines) is 1. The van der Waals surface area contributed by atoms with Gasteiger partial charge in [-0.15, -0.1) is 24.8 Å². The highest BCUT2D eigenvalue weighted by Gasteiger charge is 2.21. The summed E-state index contributed by atoms with van der Waals surface area (Å²) in [5.74, 6) is 1.49. The van der Waals surface area contributed by atoms with Crippen LogP contribution in [0.4, 0.5) is 0 Å². The van der Waals surface area contributed by atoms with Crippen LogP contribution in [-0.2, 0) is 36.9 Å². The molecule has 6 heteroatoms. The van der Waals surface area contributed by atoms with E-state index in [-0.39, 0.29) is 24.8 Å². The molecule has 0 spiro atoms. The van der Waals surface area contributed by atoms with Gasteiger partial charge in [0.05, 0.1) is 10.8 Å². The van der Waals surface area contributed by atoms with Gasteiger partial charge in [-0.25, -0.2) is 0 Å². The Morgan fingerprint density at radius 1 is 0.730 bits per heavy atom. The highest BCUT2D eigenvalue weighted by atomic mass is 35.5. The predicted molar refractivity (Wildman–Crippen MR) is 160 cm³/mol. The van der Waals surface area contributed by atoms with E-state index in [2.05, 4.69) is 88.7 Å². The molecule has 0 saturated carbocycles. The van der Waals surface area contributed by atoms with Gasteiger partial charge in [0.15, 0.2) is 0 Å². The third-order valence-electron chi connectivity index (χ3n) is 7.67. The van der Waals surface area contributed by atoms with Crippen molar-refractivity contribution >= 4 is 35.6 Å². The standard InChI is InChI=1S/C31H38N2OS.2ClH/c34-35(21-17-26-15-19-32(20-16-26)23-27-8-3-1-4-9-27)31-14-13-29-12-7-18-33(25-30(29)22-31)24-28-10-5-2-6-11-28;;/h1-6,8-11,13-14,22,26H,7,12,15-21,23-25H2;2*1H. The van der Waals surface area contributed by atoms with Gasteiger partial charge >= 0.3 is 0 Å². The minimum absolute atomic E-state index is 0. The molecule has 0 aliphatic carbocycles. The summed E-state index contributed by atoms with van der Waals surface area (Å²) in [6.07, 6.45) is 5.83. The Morgan fingerprint density at radius 3 is 2.00 bits per heavy atom. The number of piperidine rings is 1. The smallest absolute Gasteiger partial charge is 0.0529 e. The number of hydrogen-bond acceptors (Lipinski definition) is 3. The number of fused-ring (bicyclic) bond motifs is 1. The summed E-state index contributed by atoms with van der Waals surface area (Å²) in [6.45, 7) is 6.41. The molecule has 3 aromatic rings. The number of aryl methyl sites for hydroxylation is 1. The van der Waals surface area contributed by atoms with E-state index < -0.39 is 10.8 Å². The maximum atomic E-state index is 13.2. The van der Waals surface area contributed by atoms with Crippen molar-refractivity contribution in [3.8, 4) is 0 Å². The zero-order valence-electron chi connectivity index (χ0n) is 21.6. The molecule has 3 aromatic carbocycles. The maximum Gasteiger partial charge on any atom is 0.0529 e. The molecular weight excluding hydrogens is 519 g/mol. The van der Waals surface area contributed by atoms with E-state index in [1.54, 1.807) is 0 Å². The van der Waals surface area contributed by atoms with Crippen LogP contribution in [0.5, 0.6) is 0 Å². The largest absolute Gasteiger partial charge is 0.299 e. The Balaban J connectivity index is 0.00000190. The lowest BCUT2D eigenvalue weighted by Crippen LogP contribution is -2.33. The Kier molecular flexibility index (Phi) is 12.1. The van der Waals surface area contributed by atoms with Gasteiger partial charge in [-0.2, -0.15) is 0 Å². The van der Waals surface area contributed by atoms with Gasteiger partial charge in [0.1, 0.15) is 0 Å². The summed E-state index contributed by atoms with van der Waals surface area (Å²) in [6, 6.07) is 28.1.